The van der Waals surface area contributed by atoms with Crippen molar-refractivity contribution >= 4 is 16.5 Å². The van der Waals surface area contributed by atoms with E-state index < -0.39 is 0 Å². The first-order chi connectivity index (χ1) is 7.76. The van der Waals surface area contributed by atoms with Gasteiger partial charge >= 0.3 is 0 Å². The van der Waals surface area contributed by atoms with Gasteiger partial charge in [0.2, 0.25) is 0 Å². The highest BCUT2D eigenvalue weighted by Gasteiger charge is 2.06. The van der Waals surface area contributed by atoms with Crippen LogP contribution in [0.5, 0.6) is 5.75 Å². The zero-order valence-electron chi connectivity index (χ0n) is 9.79. The second kappa shape index (κ2) is 4.44. The summed E-state index contributed by atoms with van der Waals surface area (Å²) in [7, 11) is 0. The standard InChI is InChI=1S/C14H17NO/c1-3-10-8-11(15)9-13-12(10)6-5-7-14(13)16-4-2/h5-9H,3-4,15H2,1-2H3. The van der Waals surface area contributed by atoms with E-state index >= 15 is 0 Å². The van der Waals surface area contributed by atoms with Crippen molar-refractivity contribution in [2.75, 3.05) is 12.3 Å². The van der Waals surface area contributed by atoms with E-state index in [1.807, 2.05) is 31.2 Å². The molecule has 0 atom stereocenters. The van der Waals surface area contributed by atoms with E-state index in [1.54, 1.807) is 0 Å². The quantitative estimate of drug-likeness (QED) is 0.796. The highest BCUT2D eigenvalue weighted by molar-refractivity contribution is 5.93. The van der Waals surface area contributed by atoms with Gasteiger partial charge < -0.3 is 10.5 Å². The maximum atomic E-state index is 5.91. The molecule has 2 N–H and O–H groups in total. The van der Waals surface area contributed by atoms with Crippen LogP contribution in [0.4, 0.5) is 5.69 Å². The van der Waals surface area contributed by atoms with Crippen LogP contribution < -0.4 is 10.5 Å². The van der Waals surface area contributed by atoms with Gasteiger partial charge in [-0.15, -0.1) is 0 Å². The minimum Gasteiger partial charge on any atom is -0.493 e. The third-order valence-electron chi connectivity index (χ3n) is 2.74. The van der Waals surface area contributed by atoms with Crippen molar-refractivity contribution in [1.82, 2.24) is 0 Å². The summed E-state index contributed by atoms with van der Waals surface area (Å²) in [5.74, 6) is 0.919. The average molecular weight is 215 g/mol. The van der Waals surface area contributed by atoms with Gasteiger partial charge in [-0.1, -0.05) is 19.1 Å². The summed E-state index contributed by atoms with van der Waals surface area (Å²) >= 11 is 0. The molecule has 0 aliphatic carbocycles. The third kappa shape index (κ3) is 1.83. The van der Waals surface area contributed by atoms with Crippen molar-refractivity contribution in [1.29, 1.82) is 0 Å². The average Bonchev–Trinajstić information content (AvgIpc) is 2.29. The lowest BCUT2D eigenvalue weighted by Gasteiger charge is -2.11. The van der Waals surface area contributed by atoms with Crippen LogP contribution in [0.2, 0.25) is 0 Å². The maximum Gasteiger partial charge on any atom is 0.127 e. The van der Waals surface area contributed by atoms with Crippen molar-refractivity contribution in [3.8, 4) is 5.75 Å². The van der Waals surface area contributed by atoms with Gasteiger partial charge in [-0.3, -0.25) is 0 Å². The Balaban J connectivity index is 2.71. The number of hydrogen-bond acceptors (Lipinski definition) is 2. The summed E-state index contributed by atoms with van der Waals surface area (Å²) in [6.07, 6.45) is 0.983. The summed E-state index contributed by atoms with van der Waals surface area (Å²) in [6, 6.07) is 10.2. The number of nitrogen functional groups attached to an aromatic ring is 1. The Morgan fingerprint density at radius 2 is 1.94 bits per heavy atom. The van der Waals surface area contributed by atoms with E-state index in [1.165, 1.54) is 10.9 Å². The number of benzene rings is 2. The first-order valence-corrected chi connectivity index (χ1v) is 5.70. The lowest BCUT2D eigenvalue weighted by molar-refractivity contribution is 0.344. The van der Waals surface area contributed by atoms with Crippen LogP contribution in [-0.2, 0) is 6.42 Å². The van der Waals surface area contributed by atoms with Crippen LogP contribution >= 0.6 is 0 Å². The minimum atomic E-state index is 0.676. The second-order valence-corrected chi connectivity index (χ2v) is 3.82. The van der Waals surface area contributed by atoms with Gasteiger partial charge in [-0.2, -0.15) is 0 Å². The van der Waals surface area contributed by atoms with Crippen molar-refractivity contribution in [2.24, 2.45) is 0 Å². The molecule has 0 amide bonds. The van der Waals surface area contributed by atoms with Crippen LogP contribution in [0.15, 0.2) is 30.3 Å². The summed E-state index contributed by atoms with van der Waals surface area (Å²) in [6.45, 7) is 4.81. The Morgan fingerprint density at radius 1 is 1.12 bits per heavy atom. The van der Waals surface area contributed by atoms with Crippen molar-refractivity contribution in [3.63, 3.8) is 0 Å². The normalized spacial score (nSPS) is 10.6. The second-order valence-electron chi connectivity index (χ2n) is 3.82. The van der Waals surface area contributed by atoms with Crippen LogP contribution in [-0.4, -0.2) is 6.61 Å². The minimum absolute atomic E-state index is 0.676. The highest BCUT2D eigenvalue weighted by Crippen LogP contribution is 2.30. The fourth-order valence-corrected chi connectivity index (χ4v) is 2.03. The van der Waals surface area contributed by atoms with Crippen LogP contribution in [0, 0.1) is 0 Å². The number of rotatable bonds is 3. The maximum absolute atomic E-state index is 5.91. The van der Waals surface area contributed by atoms with Gasteiger partial charge in [0.15, 0.2) is 0 Å². The number of fused-ring (bicyclic) bond motifs is 1. The molecule has 2 nitrogen and oxygen atoms in total. The Morgan fingerprint density at radius 3 is 2.62 bits per heavy atom. The third-order valence-corrected chi connectivity index (χ3v) is 2.74. The zero-order valence-corrected chi connectivity index (χ0v) is 9.79. The Kier molecular flexibility index (Phi) is 3.00. The lowest BCUT2D eigenvalue weighted by Crippen LogP contribution is -1.95. The summed E-state index contributed by atoms with van der Waals surface area (Å²) < 4.78 is 5.62. The van der Waals surface area contributed by atoms with E-state index in [-0.39, 0.29) is 0 Å². The molecule has 2 heteroatoms. The van der Waals surface area contributed by atoms with Gasteiger partial charge in [0.25, 0.3) is 0 Å². The predicted molar refractivity (Wildman–Crippen MR) is 68.9 cm³/mol. The molecule has 2 rings (SSSR count). The Labute approximate surface area is 96.0 Å². The first-order valence-electron chi connectivity index (χ1n) is 5.70. The Bertz CT molecular complexity index is 505. The van der Waals surface area contributed by atoms with Crippen LogP contribution in [0.1, 0.15) is 19.4 Å². The largest absolute Gasteiger partial charge is 0.493 e. The molecule has 0 radical (unpaired) electrons. The predicted octanol–water partition coefficient (Wildman–Crippen LogP) is 3.38. The SMILES string of the molecule is CCOc1cccc2c(CC)cc(N)cc12. The van der Waals surface area contributed by atoms with E-state index in [0.29, 0.717) is 6.61 Å². The zero-order chi connectivity index (χ0) is 11.5. The topological polar surface area (TPSA) is 35.2 Å². The molecular formula is C14H17NO. The monoisotopic (exact) mass is 215 g/mol. The van der Waals surface area contributed by atoms with Gasteiger partial charge in [-0.05, 0) is 42.5 Å². The van der Waals surface area contributed by atoms with Crippen molar-refractivity contribution < 1.29 is 4.74 Å². The number of aryl methyl sites for hydroxylation is 1. The van der Waals surface area contributed by atoms with Gasteiger partial charge in [-0.25, -0.2) is 0 Å². The number of nitrogens with two attached hydrogens (primary N) is 1. The van der Waals surface area contributed by atoms with Gasteiger partial charge in [0.05, 0.1) is 6.61 Å². The van der Waals surface area contributed by atoms with Crippen molar-refractivity contribution in [3.05, 3.63) is 35.9 Å². The summed E-state index contributed by atoms with van der Waals surface area (Å²) in [5.41, 5.74) is 7.99. The number of hydrogen-bond donors (Lipinski definition) is 1. The molecule has 0 bridgehead atoms. The fraction of sp³-hybridized carbons (Fsp3) is 0.286. The molecule has 2 aromatic carbocycles. The summed E-state index contributed by atoms with van der Waals surface area (Å²) in [4.78, 5) is 0. The van der Waals surface area contributed by atoms with Crippen molar-refractivity contribution in [2.45, 2.75) is 20.3 Å². The molecule has 2 aromatic rings. The lowest BCUT2D eigenvalue weighted by atomic mass is 10.0. The molecule has 0 spiro atoms. The number of ether oxygens (including phenoxy) is 1. The molecule has 0 aliphatic heterocycles. The van der Waals surface area contributed by atoms with Gasteiger partial charge in [0.1, 0.15) is 5.75 Å². The van der Waals surface area contributed by atoms with E-state index in [9.17, 15) is 0 Å². The fourth-order valence-electron chi connectivity index (χ4n) is 2.03. The van der Waals surface area contributed by atoms with Gasteiger partial charge in [0, 0.05) is 11.1 Å². The first kappa shape index (κ1) is 10.8. The van der Waals surface area contributed by atoms with E-state index in [2.05, 4.69) is 13.0 Å². The molecule has 16 heavy (non-hydrogen) atoms. The van der Waals surface area contributed by atoms with E-state index in [4.69, 9.17) is 10.5 Å². The molecule has 0 heterocycles. The number of anilines is 1. The summed E-state index contributed by atoms with van der Waals surface area (Å²) in [5, 5.41) is 2.35. The molecule has 0 saturated heterocycles. The smallest absolute Gasteiger partial charge is 0.127 e. The molecule has 0 saturated carbocycles. The molecule has 84 valence electrons. The Hall–Kier alpha value is -1.70. The highest BCUT2D eigenvalue weighted by atomic mass is 16.5. The molecule has 0 unspecified atom stereocenters. The molecule has 0 fully saturated rings. The molecular weight excluding hydrogens is 198 g/mol. The van der Waals surface area contributed by atoms with Crippen LogP contribution in [0.25, 0.3) is 10.8 Å². The molecule has 0 aliphatic rings. The van der Waals surface area contributed by atoms with E-state index in [0.717, 1.165) is 23.2 Å². The van der Waals surface area contributed by atoms with Crippen LogP contribution in [0.3, 0.4) is 0 Å². The molecule has 0 aromatic heterocycles.